The molecular weight excluding hydrogens is 442 g/mol. The zero-order valence-corrected chi connectivity index (χ0v) is 18.8. The molecule has 0 saturated carbocycles. The first-order chi connectivity index (χ1) is 15.9. The number of nitrogens with zero attached hydrogens (tertiary/aromatic N) is 2. The van der Waals surface area contributed by atoms with Gasteiger partial charge in [0.05, 0.1) is 12.0 Å². The number of thioether (sulfide) groups is 1. The van der Waals surface area contributed by atoms with E-state index >= 15 is 0 Å². The Morgan fingerprint density at radius 1 is 1.09 bits per heavy atom. The van der Waals surface area contributed by atoms with Crippen molar-refractivity contribution < 1.29 is 23.9 Å². The first-order valence-electron chi connectivity index (χ1n) is 10.1. The van der Waals surface area contributed by atoms with E-state index in [2.05, 4.69) is 5.32 Å². The van der Waals surface area contributed by atoms with E-state index in [1.54, 1.807) is 29.0 Å². The van der Waals surface area contributed by atoms with Crippen LogP contribution in [0, 0.1) is 6.92 Å². The zero-order valence-electron chi connectivity index (χ0n) is 18.0. The second kappa shape index (κ2) is 9.33. The summed E-state index contributed by atoms with van der Waals surface area (Å²) in [5.74, 6) is -1.39. The highest BCUT2D eigenvalue weighted by molar-refractivity contribution is 8.18. The van der Waals surface area contributed by atoms with Gasteiger partial charge in [-0.2, -0.15) is 0 Å². The highest BCUT2D eigenvalue weighted by atomic mass is 32.2. The van der Waals surface area contributed by atoms with Crippen molar-refractivity contribution in [1.82, 2.24) is 9.47 Å². The largest absolute Gasteiger partial charge is 0.468 e. The van der Waals surface area contributed by atoms with E-state index in [4.69, 9.17) is 4.74 Å². The second-order valence-corrected chi connectivity index (χ2v) is 8.48. The van der Waals surface area contributed by atoms with E-state index in [0.717, 1.165) is 33.1 Å². The lowest BCUT2D eigenvalue weighted by Gasteiger charge is -2.12. The van der Waals surface area contributed by atoms with E-state index in [0.29, 0.717) is 11.3 Å². The van der Waals surface area contributed by atoms with Gasteiger partial charge in [0.2, 0.25) is 5.91 Å². The highest BCUT2D eigenvalue weighted by Crippen LogP contribution is 2.34. The number of imide groups is 1. The van der Waals surface area contributed by atoms with Crippen LogP contribution in [0.3, 0.4) is 0 Å². The third kappa shape index (κ3) is 4.83. The van der Waals surface area contributed by atoms with E-state index < -0.39 is 23.0 Å². The van der Waals surface area contributed by atoms with Crippen molar-refractivity contribution in [2.75, 3.05) is 19.0 Å². The number of fused-ring (bicyclic) bond motifs is 1. The molecule has 1 saturated heterocycles. The molecule has 0 unspecified atom stereocenters. The molecular formula is C24H21N3O5S. The number of anilines is 1. The lowest BCUT2D eigenvalue weighted by molar-refractivity contribution is -0.141. The third-order valence-electron chi connectivity index (χ3n) is 5.11. The number of methoxy groups -OCH3 is 1. The summed E-state index contributed by atoms with van der Waals surface area (Å²) in [6.07, 6.45) is 3.35. The third-order valence-corrected chi connectivity index (χ3v) is 6.02. The van der Waals surface area contributed by atoms with Crippen molar-refractivity contribution in [3.05, 3.63) is 70.8 Å². The fraction of sp³-hybridized carbons (Fsp3) is 0.167. The standard InChI is InChI=1S/C24H21N3O5S/c1-15-6-5-7-17(10-15)25-21(28)13-27-23(30)20(33-24(27)31)11-16-12-26(14-22(29)32-2)19-9-4-3-8-18(16)19/h3-12H,13-14H2,1-2H3,(H,25,28)/b20-11-. The monoisotopic (exact) mass is 463 g/mol. The summed E-state index contributed by atoms with van der Waals surface area (Å²) in [4.78, 5) is 50.7. The highest BCUT2D eigenvalue weighted by Gasteiger charge is 2.36. The average Bonchev–Trinajstić information content (AvgIpc) is 3.26. The van der Waals surface area contributed by atoms with Crippen LogP contribution in [0.1, 0.15) is 11.1 Å². The number of rotatable bonds is 6. The van der Waals surface area contributed by atoms with Crippen molar-refractivity contribution in [2.24, 2.45) is 0 Å². The Kier molecular flexibility index (Phi) is 6.32. The second-order valence-electron chi connectivity index (χ2n) is 7.49. The Labute approximate surface area is 194 Å². The number of hydrogen-bond donors (Lipinski definition) is 1. The Morgan fingerprint density at radius 3 is 2.64 bits per heavy atom. The first kappa shape index (κ1) is 22.3. The minimum absolute atomic E-state index is 0.0193. The van der Waals surface area contributed by atoms with Crippen LogP contribution in [0.4, 0.5) is 10.5 Å². The summed E-state index contributed by atoms with van der Waals surface area (Å²) < 4.78 is 6.48. The number of ether oxygens (including phenoxy) is 1. The minimum atomic E-state index is -0.533. The Morgan fingerprint density at radius 2 is 1.88 bits per heavy atom. The van der Waals surface area contributed by atoms with E-state index in [1.165, 1.54) is 7.11 Å². The van der Waals surface area contributed by atoms with E-state index in [9.17, 15) is 19.2 Å². The van der Waals surface area contributed by atoms with Crippen molar-refractivity contribution in [3.8, 4) is 0 Å². The maximum absolute atomic E-state index is 12.9. The molecule has 168 valence electrons. The minimum Gasteiger partial charge on any atom is -0.468 e. The van der Waals surface area contributed by atoms with Crippen molar-refractivity contribution >= 4 is 57.5 Å². The maximum atomic E-state index is 12.9. The number of aryl methyl sites for hydroxylation is 1. The molecule has 8 nitrogen and oxygen atoms in total. The van der Waals surface area contributed by atoms with Gasteiger partial charge in [-0.25, -0.2) is 0 Å². The zero-order chi connectivity index (χ0) is 23.5. The number of carbonyl (C=O) groups is 4. The van der Waals surface area contributed by atoms with Crippen LogP contribution in [0.15, 0.2) is 59.6 Å². The molecule has 0 atom stereocenters. The first-order valence-corrected chi connectivity index (χ1v) is 10.9. The molecule has 1 fully saturated rings. The lowest BCUT2D eigenvalue weighted by atomic mass is 10.1. The number of aromatic nitrogens is 1. The van der Waals surface area contributed by atoms with Crippen LogP contribution in [0.2, 0.25) is 0 Å². The number of carbonyl (C=O) groups excluding carboxylic acids is 4. The smallest absolute Gasteiger partial charge is 0.325 e. The normalized spacial score (nSPS) is 14.8. The number of hydrogen-bond acceptors (Lipinski definition) is 6. The van der Waals surface area contributed by atoms with Gasteiger partial charge in [0.25, 0.3) is 11.1 Å². The predicted octanol–water partition coefficient (Wildman–Crippen LogP) is 3.80. The summed E-state index contributed by atoms with van der Waals surface area (Å²) in [5.41, 5.74) is 3.06. The fourth-order valence-corrected chi connectivity index (χ4v) is 4.40. The molecule has 1 aliphatic rings. The van der Waals surface area contributed by atoms with E-state index in [-0.39, 0.29) is 18.0 Å². The maximum Gasteiger partial charge on any atom is 0.325 e. The number of amides is 3. The predicted molar refractivity (Wildman–Crippen MR) is 126 cm³/mol. The summed E-state index contributed by atoms with van der Waals surface area (Å²) in [6, 6.07) is 14.7. The molecule has 0 radical (unpaired) electrons. The van der Waals surface area contributed by atoms with Gasteiger partial charge in [-0.15, -0.1) is 0 Å². The molecule has 2 aromatic carbocycles. The summed E-state index contributed by atoms with van der Waals surface area (Å²) in [7, 11) is 1.32. The van der Waals surface area contributed by atoms with Gasteiger partial charge in [-0.1, -0.05) is 30.3 Å². The van der Waals surface area contributed by atoms with Crippen LogP contribution < -0.4 is 5.32 Å². The van der Waals surface area contributed by atoms with Crippen LogP contribution in [-0.2, 0) is 25.7 Å². The van der Waals surface area contributed by atoms with E-state index in [1.807, 2.05) is 43.3 Å². The molecule has 1 N–H and O–H groups in total. The average molecular weight is 464 g/mol. The number of esters is 1. The molecule has 0 bridgehead atoms. The van der Waals surface area contributed by atoms with Gasteiger partial charge in [-0.3, -0.25) is 24.1 Å². The summed E-state index contributed by atoms with van der Waals surface area (Å²) in [6.45, 7) is 1.55. The lowest BCUT2D eigenvalue weighted by Crippen LogP contribution is -2.36. The number of benzene rings is 2. The molecule has 33 heavy (non-hydrogen) atoms. The van der Waals surface area contributed by atoms with Crippen molar-refractivity contribution in [3.63, 3.8) is 0 Å². The molecule has 2 heterocycles. The molecule has 1 aliphatic heterocycles. The molecule has 4 rings (SSSR count). The van der Waals surface area contributed by atoms with Gasteiger partial charge in [0, 0.05) is 28.4 Å². The Balaban J connectivity index is 1.55. The Hall–Kier alpha value is -3.85. The molecule has 0 spiro atoms. The molecule has 9 heteroatoms. The number of para-hydroxylation sites is 1. The fourth-order valence-electron chi connectivity index (χ4n) is 3.57. The van der Waals surface area contributed by atoms with Gasteiger partial charge in [0.1, 0.15) is 13.1 Å². The SMILES string of the molecule is COC(=O)Cn1cc(/C=C2\SC(=O)N(CC(=O)Nc3cccc(C)c3)C2=O)c2ccccc21. The van der Waals surface area contributed by atoms with Crippen molar-refractivity contribution in [2.45, 2.75) is 13.5 Å². The summed E-state index contributed by atoms with van der Waals surface area (Å²) in [5, 5.41) is 3.02. The molecule has 1 aromatic heterocycles. The van der Waals surface area contributed by atoms with Crippen LogP contribution >= 0.6 is 11.8 Å². The number of nitrogens with one attached hydrogen (secondary N) is 1. The van der Waals surface area contributed by atoms with Crippen molar-refractivity contribution in [1.29, 1.82) is 0 Å². The topological polar surface area (TPSA) is 97.7 Å². The van der Waals surface area contributed by atoms with Gasteiger partial charge < -0.3 is 14.6 Å². The van der Waals surface area contributed by atoms with Gasteiger partial charge in [0.15, 0.2) is 0 Å². The summed E-state index contributed by atoms with van der Waals surface area (Å²) >= 11 is 0.781. The van der Waals surface area contributed by atoms with Crippen LogP contribution in [-0.4, -0.2) is 46.1 Å². The quantitative estimate of drug-likeness (QED) is 0.441. The van der Waals surface area contributed by atoms with Gasteiger partial charge >= 0.3 is 5.97 Å². The van der Waals surface area contributed by atoms with Gasteiger partial charge in [-0.05, 0) is 48.5 Å². The molecule has 3 aromatic rings. The van der Waals surface area contributed by atoms with Crippen LogP contribution in [0.5, 0.6) is 0 Å². The molecule has 0 aliphatic carbocycles. The van der Waals surface area contributed by atoms with Crippen LogP contribution in [0.25, 0.3) is 17.0 Å². The Bertz CT molecular complexity index is 1310. The molecule has 3 amide bonds.